The van der Waals surface area contributed by atoms with E-state index in [4.69, 9.17) is 0 Å². The number of halogens is 2. The molecule has 2 aliphatic carbocycles. The van der Waals surface area contributed by atoms with Crippen LogP contribution in [0.15, 0.2) is 109 Å². The Kier molecular flexibility index (Phi) is 25.2. The van der Waals surface area contributed by atoms with E-state index in [1.807, 2.05) is 0 Å². The number of rotatable bonds is 8. The van der Waals surface area contributed by atoms with Crippen molar-refractivity contribution in [2.24, 2.45) is 10.8 Å². The SMILES string of the molecule is CCC1(Cc2cc3c(-c4ccc(C)cc4)cccc3[cH-]2)CCCCCCCC1.CCC1(Cc2cc3c(-c4ccc(C)cc4)cccc3[cH-]2)CCCCCCCC1.Cl.Cl.[CH3-].[CH3-].[Si]=[Zr]. The van der Waals surface area contributed by atoms with Crippen molar-refractivity contribution in [1.82, 2.24) is 0 Å². The molecule has 0 atom stereocenters. The molecule has 8 rings (SSSR count). The third-order valence-corrected chi connectivity index (χ3v) is 14.3. The normalized spacial score (nSPS) is 16.1. The van der Waals surface area contributed by atoms with E-state index in [9.17, 15) is 0 Å². The Hall–Kier alpha value is -2.22. The summed E-state index contributed by atoms with van der Waals surface area (Å²) in [5, 5.41) is 5.66. The average Bonchev–Trinajstić information content (AvgIpc) is 3.91. The second kappa shape index (κ2) is 28.0. The monoisotopic (exact) mass is 962 g/mol. The Balaban J connectivity index is 0.000000386. The van der Waals surface area contributed by atoms with Crippen LogP contribution in [0.5, 0.6) is 0 Å². The van der Waals surface area contributed by atoms with Crippen LogP contribution in [0.1, 0.15) is 152 Å². The molecular weight excluding hydrogens is 887 g/mol. The molecule has 6 aromatic carbocycles. The number of hydrogen-bond donors (Lipinski definition) is 0. The summed E-state index contributed by atoms with van der Waals surface area (Å²) in [5.74, 6) is 0. The van der Waals surface area contributed by atoms with Gasteiger partial charge in [0, 0.05) is 0 Å². The molecule has 2 aliphatic rings. The Morgan fingerprint density at radius 2 is 0.774 bits per heavy atom. The van der Waals surface area contributed by atoms with Gasteiger partial charge in [-0.15, -0.1) is 93.9 Å². The van der Waals surface area contributed by atoms with Crippen LogP contribution < -0.4 is 0 Å². The van der Waals surface area contributed by atoms with Gasteiger partial charge in [-0.05, 0) is 74.3 Å². The van der Waals surface area contributed by atoms with Crippen molar-refractivity contribution >= 4 is 53.2 Å². The molecule has 2 radical (unpaired) electrons. The van der Waals surface area contributed by atoms with Gasteiger partial charge < -0.3 is 14.9 Å². The van der Waals surface area contributed by atoms with Crippen molar-refractivity contribution in [3.8, 4) is 22.3 Å². The summed E-state index contributed by atoms with van der Waals surface area (Å²) in [4.78, 5) is 0. The summed E-state index contributed by atoms with van der Waals surface area (Å²) < 4.78 is 0. The van der Waals surface area contributed by atoms with E-state index in [-0.39, 0.29) is 39.7 Å². The van der Waals surface area contributed by atoms with Crippen LogP contribution in [0.4, 0.5) is 0 Å². The molecule has 62 heavy (non-hydrogen) atoms. The maximum absolute atomic E-state index is 3.06. The van der Waals surface area contributed by atoms with Crippen molar-refractivity contribution in [2.75, 3.05) is 0 Å². The molecule has 0 spiro atoms. The van der Waals surface area contributed by atoms with Crippen LogP contribution in [0, 0.1) is 39.5 Å². The van der Waals surface area contributed by atoms with Gasteiger partial charge in [0.25, 0.3) is 0 Å². The second-order valence-electron chi connectivity index (χ2n) is 18.4. The first-order valence-electron chi connectivity index (χ1n) is 23.1. The van der Waals surface area contributed by atoms with Gasteiger partial charge in [-0.25, -0.2) is 0 Å². The molecular formula is C58H78Cl2SiZr-4. The zero-order chi connectivity index (χ0) is 40.8. The maximum atomic E-state index is 3.06. The van der Waals surface area contributed by atoms with E-state index in [1.165, 1.54) is 207 Å². The van der Waals surface area contributed by atoms with Crippen LogP contribution in [0.3, 0.4) is 0 Å². The molecule has 0 bridgehead atoms. The average molecular weight is 965 g/mol. The first kappa shape index (κ1) is 55.9. The number of benzene rings is 4. The zero-order valence-electron chi connectivity index (χ0n) is 39.4. The van der Waals surface area contributed by atoms with E-state index >= 15 is 0 Å². The Morgan fingerprint density at radius 3 is 1.08 bits per heavy atom. The molecule has 0 nitrogen and oxygen atoms in total. The van der Waals surface area contributed by atoms with Crippen molar-refractivity contribution in [3.05, 3.63) is 146 Å². The molecule has 0 aromatic heterocycles. The standard InChI is InChI=1S/2C28H35.2CH3.2ClH.Si.Zr/c2*1-3-28(17-8-6-4-5-7-9-18-28)21-23-19-25-11-10-12-26(27(25)20-23)24-15-13-22(2)14-16-24;;;;;;/h2*10-16,19-20H,3-9,17-18,21H2,1-2H3;2*1H3;2*1H;;/q4*-1;;;;. The first-order chi connectivity index (χ1) is 28.4. The van der Waals surface area contributed by atoms with Crippen LogP contribution in [-0.4, -0.2) is 6.88 Å². The summed E-state index contributed by atoms with van der Waals surface area (Å²) in [6.45, 7) is 12.2. The van der Waals surface area contributed by atoms with Gasteiger partial charge in [-0.3, -0.25) is 0 Å². The molecule has 0 heterocycles. The molecule has 6 aromatic rings. The van der Waals surface area contributed by atoms with Crippen molar-refractivity contribution in [1.29, 1.82) is 0 Å². The summed E-state index contributed by atoms with van der Waals surface area (Å²) >= 11 is 1.36. The van der Waals surface area contributed by atoms with E-state index < -0.39 is 0 Å². The molecule has 336 valence electrons. The molecule has 0 amide bonds. The fourth-order valence-electron chi connectivity index (χ4n) is 10.6. The predicted molar refractivity (Wildman–Crippen MR) is 279 cm³/mol. The van der Waals surface area contributed by atoms with Gasteiger partial charge in [-0.2, -0.15) is 12.1 Å². The third-order valence-electron chi connectivity index (χ3n) is 14.3. The predicted octanol–water partition coefficient (Wildman–Crippen LogP) is 18.6. The topological polar surface area (TPSA) is 0 Å². The molecule has 4 heteroatoms. The third kappa shape index (κ3) is 14.9. The van der Waals surface area contributed by atoms with E-state index in [2.05, 4.69) is 144 Å². The van der Waals surface area contributed by atoms with Gasteiger partial charge >= 0.3 is 30.2 Å². The summed E-state index contributed by atoms with van der Waals surface area (Å²) in [6, 6.07) is 41.5. The van der Waals surface area contributed by atoms with Gasteiger partial charge in [0.05, 0.1) is 0 Å². The quantitative estimate of drug-likeness (QED) is 0.105. The summed E-state index contributed by atoms with van der Waals surface area (Å²) in [6.07, 6.45) is 28.0. The van der Waals surface area contributed by atoms with E-state index in [0.29, 0.717) is 10.8 Å². The zero-order valence-corrected chi connectivity index (χ0v) is 44.4. The number of aryl methyl sites for hydroxylation is 2. The molecule has 0 aliphatic heterocycles. The molecule has 0 unspecified atom stereocenters. The van der Waals surface area contributed by atoms with Gasteiger partial charge in [0.1, 0.15) is 0 Å². The van der Waals surface area contributed by atoms with Gasteiger partial charge in [0.2, 0.25) is 0 Å². The van der Waals surface area contributed by atoms with Crippen LogP contribution in [0.2, 0.25) is 0 Å². The second-order valence-corrected chi connectivity index (χ2v) is 18.4. The Labute approximate surface area is 409 Å². The van der Waals surface area contributed by atoms with Crippen molar-refractivity contribution < 1.29 is 23.3 Å². The Morgan fingerprint density at radius 1 is 0.468 bits per heavy atom. The number of hydrogen-bond acceptors (Lipinski definition) is 0. The Bertz CT molecular complexity index is 1970. The fraction of sp³-hybridized carbons (Fsp3) is 0.448. The fourth-order valence-corrected chi connectivity index (χ4v) is 10.6. The van der Waals surface area contributed by atoms with Crippen molar-refractivity contribution in [2.45, 2.75) is 156 Å². The number of fused-ring (bicyclic) bond motifs is 2. The molecule has 2 fully saturated rings. The molecule has 0 N–H and O–H groups in total. The summed E-state index contributed by atoms with van der Waals surface area (Å²) in [5.41, 5.74) is 12.2. The minimum absolute atomic E-state index is 0. The van der Waals surface area contributed by atoms with Gasteiger partial charge in [0.15, 0.2) is 0 Å². The minimum atomic E-state index is 0. The van der Waals surface area contributed by atoms with Crippen LogP contribution in [0.25, 0.3) is 43.8 Å². The van der Waals surface area contributed by atoms with E-state index in [1.54, 1.807) is 11.1 Å². The van der Waals surface area contributed by atoms with Crippen LogP contribution >= 0.6 is 24.8 Å². The first-order valence-corrected chi connectivity index (χ1v) is 27.3. The van der Waals surface area contributed by atoms with Gasteiger partial charge in [-0.1, -0.05) is 187 Å². The van der Waals surface area contributed by atoms with Crippen LogP contribution in [-0.2, 0) is 36.2 Å². The van der Waals surface area contributed by atoms with E-state index in [0.717, 1.165) is 0 Å². The molecule has 0 saturated heterocycles. The molecule has 2 saturated carbocycles. The summed E-state index contributed by atoms with van der Waals surface area (Å²) in [7, 11) is 0. The van der Waals surface area contributed by atoms with Crippen molar-refractivity contribution in [3.63, 3.8) is 0 Å².